The van der Waals surface area contributed by atoms with Gasteiger partial charge in [-0.15, -0.1) is 0 Å². The van der Waals surface area contributed by atoms with Gasteiger partial charge in [0, 0.05) is 32.5 Å². The third kappa shape index (κ3) is 8.15. The lowest BCUT2D eigenvalue weighted by Gasteiger charge is -2.38. The van der Waals surface area contributed by atoms with Crippen LogP contribution in [0.2, 0.25) is 0 Å². The van der Waals surface area contributed by atoms with Crippen molar-refractivity contribution in [1.82, 2.24) is 15.5 Å². The molecule has 3 amide bonds. The summed E-state index contributed by atoms with van der Waals surface area (Å²) < 4.78 is 36.3. The summed E-state index contributed by atoms with van der Waals surface area (Å²) >= 11 is 0. The highest BCUT2D eigenvalue weighted by atomic mass is 19.1. The zero-order chi connectivity index (χ0) is 30.2. The van der Waals surface area contributed by atoms with E-state index in [0.29, 0.717) is 55.4 Å². The molecular weight excluding hydrogens is 557 g/mol. The number of methoxy groups -OCH3 is 1. The summed E-state index contributed by atoms with van der Waals surface area (Å²) in [5.74, 6) is 0.717. The molecule has 0 aromatic heterocycles. The standard InChI is InChI=1S/C32H34FN3O7/c1-40-29-16-21-4-12-28(29)42-19-31(38)35-26-18-36(32(39)20-41-24-10-6-23(33)7-11-24)15-14-27(26)43-25-8-2-22(3-9-25)17-34-30(37)13-5-21/h2-4,6-12,16,26-27H,5,13-15,17-20H2,1H3,(H,34,37)(H,35,38)/t26-,27-/m1/s1. The molecule has 0 radical (unpaired) electrons. The Hall–Kier alpha value is -4.80. The Bertz CT molecular complexity index is 1430. The number of aryl methyl sites for hydroxylation is 1. The molecule has 2 N–H and O–H groups in total. The third-order valence-corrected chi connectivity index (χ3v) is 7.35. The highest BCUT2D eigenvalue weighted by Gasteiger charge is 2.34. The summed E-state index contributed by atoms with van der Waals surface area (Å²) in [5, 5.41) is 5.92. The molecule has 0 unspecified atom stereocenters. The van der Waals surface area contributed by atoms with E-state index in [-0.39, 0.29) is 37.5 Å². The predicted octanol–water partition coefficient (Wildman–Crippen LogP) is 3.02. The van der Waals surface area contributed by atoms with Gasteiger partial charge in [0.05, 0.1) is 13.2 Å². The van der Waals surface area contributed by atoms with Gasteiger partial charge in [0.15, 0.2) is 24.7 Å². The molecule has 2 atom stereocenters. The monoisotopic (exact) mass is 591 g/mol. The van der Waals surface area contributed by atoms with E-state index in [9.17, 15) is 18.8 Å². The Morgan fingerprint density at radius 1 is 1.00 bits per heavy atom. The van der Waals surface area contributed by atoms with Crippen LogP contribution in [0.4, 0.5) is 4.39 Å². The summed E-state index contributed by atoms with van der Waals surface area (Å²) in [6.45, 7) is 0.470. The maximum atomic E-state index is 13.2. The highest BCUT2D eigenvalue weighted by molar-refractivity contribution is 5.79. The Kier molecular flexibility index (Phi) is 9.60. The highest BCUT2D eigenvalue weighted by Crippen LogP contribution is 2.29. The minimum absolute atomic E-state index is 0.0714. The van der Waals surface area contributed by atoms with Crippen molar-refractivity contribution in [2.75, 3.05) is 33.4 Å². The second-order valence-electron chi connectivity index (χ2n) is 10.4. The number of piperidine rings is 1. The van der Waals surface area contributed by atoms with Crippen molar-refractivity contribution < 1.29 is 37.7 Å². The average Bonchev–Trinajstić information content (AvgIpc) is 3.02. The first-order chi connectivity index (χ1) is 20.9. The molecule has 5 aliphatic heterocycles. The second-order valence-corrected chi connectivity index (χ2v) is 10.4. The Balaban J connectivity index is 1.31. The number of hydrogen-bond donors (Lipinski definition) is 2. The Morgan fingerprint density at radius 2 is 1.77 bits per heavy atom. The zero-order valence-electron chi connectivity index (χ0n) is 23.8. The number of halogens is 1. The molecule has 3 aromatic carbocycles. The molecule has 0 spiro atoms. The van der Waals surface area contributed by atoms with Gasteiger partial charge >= 0.3 is 0 Å². The smallest absolute Gasteiger partial charge is 0.260 e. The van der Waals surface area contributed by atoms with Gasteiger partial charge in [-0.05, 0) is 66.1 Å². The Labute approximate surface area is 249 Å². The lowest BCUT2D eigenvalue weighted by molar-refractivity contribution is -0.137. The molecule has 226 valence electrons. The van der Waals surface area contributed by atoms with Gasteiger partial charge in [-0.25, -0.2) is 4.39 Å². The van der Waals surface area contributed by atoms with Gasteiger partial charge in [-0.2, -0.15) is 0 Å². The molecule has 4 bridgehead atoms. The van der Waals surface area contributed by atoms with Gasteiger partial charge in [0.1, 0.15) is 23.4 Å². The van der Waals surface area contributed by atoms with Crippen LogP contribution in [0.1, 0.15) is 24.0 Å². The molecule has 0 aliphatic carbocycles. The van der Waals surface area contributed by atoms with Crippen LogP contribution in [-0.4, -0.2) is 68.2 Å². The summed E-state index contributed by atoms with van der Waals surface area (Å²) in [5.41, 5.74) is 1.82. The fraction of sp³-hybridized carbons (Fsp3) is 0.344. The van der Waals surface area contributed by atoms with E-state index in [2.05, 4.69) is 10.6 Å². The molecule has 3 aromatic rings. The van der Waals surface area contributed by atoms with E-state index in [1.54, 1.807) is 17.0 Å². The molecule has 10 nitrogen and oxygen atoms in total. The van der Waals surface area contributed by atoms with Gasteiger partial charge in [-0.3, -0.25) is 14.4 Å². The largest absolute Gasteiger partial charge is 0.493 e. The minimum Gasteiger partial charge on any atom is -0.493 e. The normalized spacial score (nSPS) is 19.3. The maximum absolute atomic E-state index is 13.2. The molecule has 1 fully saturated rings. The summed E-state index contributed by atoms with van der Waals surface area (Å²) in [4.78, 5) is 40.1. The van der Waals surface area contributed by atoms with E-state index in [0.717, 1.165) is 11.1 Å². The Morgan fingerprint density at radius 3 is 2.53 bits per heavy atom. The topological polar surface area (TPSA) is 115 Å². The van der Waals surface area contributed by atoms with Crippen LogP contribution in [0.25, 0.3) is 0 Å². The predicted molar refractivity (Wildman–Crippen MR) is 155 cm³/mol. The number of nitrogens with zero attached hydrogens (tertiary/aromatic N) is 1. The molecule has 11 heteroatoms. The lowest BCUT2D eigenvalue weighted by Crippen LogP contribution is -2.59. The molecule has 5 heterocycles. The van der Waals surface area contributed by atoms with E-state index >= 15 is 0 Å². The third-order valence-electron chi connectivity index (χ3n) is 7.35. The van der Waals surface area contributed by atoms with Crippen LogP contribution in [0.3, 0.4) is 0 Å². The van der Waals surface area contributed by atoms with E-state index in [4.69, 9.17) is 18.9 Å². The first-order valence-electron chi connectivity index (χ1n) is 14.1. The van der Waals surface area contributed by atoms with Crippen molar-refractivity contribution >= 4 is 17.7 Å². The summed E-state index contributed by atoms with van der Waals surface area (Å²) in [6.07, 6.45) is 0.869. The summed E-state index contributed by atoms with van der Waals surface area (Å²) in [6, 6.07) is 17.7. The van der Waals surface area contributed by atoms with Crippen LogP contribution in [-0.2, 0) is 27.3 Å². The van der Waals surface area contributed by atoms with Crippen molar-refractivity contribution in [3.63, 3.8) is 0 Å². The van der Waals surface area contributed by atoms with Gasteiger partial charge < -0.3 is 34.5 Å². The quantitative estimate of drug-likeness (QED) is 0.480. The van der Waals surface area contributed by atoms with Gasteiger partial charge in [0.2, 0.25) is 5.91 Å². The number of nitrogens with one attached hydrogen (secondary N) is 2. The number of amides is 3. The minimum atomic E-state index is -0.534. The zero-order valence-corrected chi connectivity index (χ0v) is 23.8. The average molecular weight is 592 g/mol. The number of carbonyl (C=O) groups excluding carboxylic acids is 3. The number of hydrogen-bond acceptors (Lipinski definition) is 7. The fourth-order valence-corrected chi connectivity index (χ4v) is 4.99. The molecule has 8 rings (SSSR count). The fourth-order valence-electron chi connectivity index (χ4n) is 4.99. The van der Waals surface area contributed by atoms with Crippen LogP contribution in [0, 0.1) is 5.82 Å². The molecule has 0 saturated carbocycles. The molecule has 43 heavy (non-hydrogen) atoms. The summed E-state index contributed by atoms with van der Waals surface area (Å²) in [7, 11) is 1.51. The van der Waals surface area contributed by atoms with E-state index < -0.39 is 18.0 Å². The number of likely N-dealkylation sites (tertiary alicyclic amines) is 1. The van der Waals surface area contributed by atoms with Crippen LogP contribution >= 0.6 is 0 Å². The van der Waals surface area contributed by atoms with Crippen LogP contribution < -0.4 is 29.6 Å². The van der Waals surface area contributed by atoms with Crippen LogP contribution in [0.5, 0.6) is 23.0 Å². The van der Waals surface area contributed by atoms with Crippen molar-refractivity contribution in [2.45, 2.75) is 38.0 Å². The van der Waals surface area contributed by atoms with Gasteiger partial charge in [-0.1, -0.05) is 18.2 Å². The molecule has 1 saturated heterocycles. The van der Waals surface area contributed by atoms with E-state index in [1.165, 1.54) is 31.4 Å². The van der Waals surface area contributed by atoms with Crippen LogP contribution in [0.15, 0.2) is 66.7 Å². The van der Waals surface area contributed by atoms with Crippen molar-refractivity contribution in [3.8, 4) is 23.0 Å². The van der Waals surface area contributed by atoms with Crippen molar-refractivity contribution in [1.29, 1.82) is 0 Å². The molecular formula is C32H34FN3O7. The number of ether oxygens (including phenoxy) is 4. The number of rotatable bonds is 4. The van der Waals surface area contributed by atoms with Gasteiger partial charge in [0.25, 0.3) is 11.8 Å². The number of benzene rings is 3. The van der Waals surface area contributed by atoms with Crippen molar-refractivity contribution in [2.24, 2.45) is 0 Å². The van der Waals surface area contributed by atoms with E-state index in [1.807, 2.05) is 30.3 Å². The van der Waals surface area contributed by atoms with Crippen molar-refractivity contribution in [3.05, 3.63) is 83.7 Å². The lowest BCUT2D eigenvalue weighted by atomic mass is 10.0. The SMILES string of the molecule is COc1cc2ccc1OCC(=O)N[C@@H]1CN(C(=O)COc3ccc(F)cc3)CC[C@H]1Oc1ccc(cc1)CNC(=O)CC2. The first-order valence-corrected chi connectivity index (χ1v) is 14.1. The number of carbonyl (C=O) groups is 3. The maximum Gasteiger partial charge on any atom is 0.260 e. The first kappa shape index (κ1) is 29.7. The second kappa shape index (κ2) is 13.9. The molecule has 5 aliphatic rings.